The van der Waals surface area contributed by atoms with Crippen LogP contribution in [0.4, 0.5) is 0 Å². The summed E-state index contributed by atoms with van der Waals surface area (Å²) in [7, 11) is 0. The third kappa shape index (κ3) is 69.2. The molecule has 350 valence electrons. The molecule has 0 aromatic carbocycles. The Kier molecular flexibility index (Phi) is 62.9. The second kappa shape index (κ2) is 57.2. The van der Waals surface area contributed by atoms with Gasteiger partial charge in [-0.05, 0) is 38.5 Å². The molecule has 0 aromatic rings. The molecule has 0 N–H and O–H groups in total. The number of hydrogen-bond acceptors (Lipinski definition) is 6. The van der Waals surface area contributed by atoms with Crippen LogP contribution in [0.15, 0.2) is 0 Å². The van der Waals surface area contributed by atoms with Crippen molar-refractivity contribution in [3.05, 3.63) is 0 Å². The van der Waals surface area contributed by atoms with Crippen molar-refractivity contribution in [2.24, 2.45) is 0 Å². The Balaban J connectivity index is -0.000000343. The van der Waals surface area contributed by atoms with Crippen molar-refractivity contribution in [2.75, 3.05) is 0 Å². The molecule has 0 fully saturated rings. The van der Waals surface area contributed by atoms with Crippen LogP contribution in [-0.2, 0) is 14.4 Å². The normalized spacial score (nSPS) is 10.8. The van der Waals surface area contributed by atoms with E-state index in [0.29, 0.717) is 0 Å². The Bertz CT molecular complexity index is 735. The van der Waals surface area contributed by atoms with Gasteiger partial charge in [-0.1, -0.05) is 175 Å². The first kappa shape index (κ1) is 64.8. The van der Waals surface area contributed by atoms with Gasteiger partial charge in [-0.15, -0.1) is 0 Å². The third-order valence-corrected chi connectivity index (χ3v) is 13.4. The summed E-state index contributed by atoms with van der Waals surface area (Å²) in [6.45, 7) is 13.6. The first-order valence-electron chi connectivity index (χ1n) is 25.8. The maximum absolute atomic E-state index is 10.1. The van der Waals surface area contributed by atoms with Crippen molar-refractivity contribution in [3.8, 4) is 0 Å². The molecule has 0 aliphatic heterocycles. The van der Waals surface area contributed by atoms with E-state index in [2.05, 4.69) is 41.5 Å². The summed E-state index contributed by atoms with van der Waals surface area (Å²) in [6.07, 6.45) is 50.9. The Labute approximate surface area is 382 Å². The van der Waals surface area contributed by atoms with Crippen LogP contribution in [0.1, 0.15) is 311 Å². The van der Waals surface area contributed by atoms with Gasteiger partial charge in [0, 0.05) is 17.9 Å². The molecular weight excluding hydrogens is 839 g/mol. The number of carbonyl (C=O) groups excluding carboxylic acids is 3. The quantitative estimate of drug-likeness (QED) is 0.0444. The van der Waals surface area contributed by atoms with Gasteiger partial charge in [0.25, 0.3) is 0 Å². The first-order chi connectivity index (χ1) is 28.5. The second-order valence-electron chi connectivity index (χ2n) is 17.5. The summed E-state index contributed by atoms with van der Waals surface area (Å²) in [4.78, 5) is 30.3. The fraction of sp³-hybridized carbons (Fsp3) is 0.942. The predicted octanol–water partition coefficient (Wildman–Crippen LogP) is 14.0. The molecule has 0 unspecified atom stereocenters. The van der Waals surface area contributed by atoms with Gasteiger partial charge in [-0.3, -0.25) is 0 Å². The molecule has 0 atom stereocenters. The van der Waals surface area contributed by atoms with Gasteiger partial charge in [0.05, 0.1) is 0 Å². The molecule has 0 spiro atoms. The van der Waals surface area contributed by atoms with Gasteiger partial charge in [0.2, 0.25) is 0 Å². The number of carbonyl (C=O) groups is 3. The van der Waals surface area contributed by atoms with Crippen LogP contribution in [0, 0.1) is 0 Å². The second-order valence-corrected chi connectivity index (χ2v) is 20.5. The summed E-state index contributed by atoms with van der Waals surface area (Å²) in [5.41, 5.74) is 0. The van der Waals surface area contributed by atoms with E-state index < -0.39 is 17.9 Å². The van der Waals surface area contributed by atoms with Crippen molar-refractivity contribution in [1.82, 2.24) is 0 Å². The van der Waals surface area contributed by atoms with E-state index in [1.807, 2.05) is 22.5 Å². The summed E-state index contributed by atoms with van der Waals surface area (Å²) < 4.78 is 0.741. The monoisotopic (exact) mass is 943 g/mol. The molecule has 0 heterocycles. The molecule has 7 heteroatoms. The number of carboxylic acids is 3. The SMILES string of the molecule is CCCCCCCCCCCC(=O)[O-].CCCCCCCCCCCC(=O)[O-].CCCCCCCCCCCC(=O)[O-].CCCCCCC[C]([Sn+3])(CCCC)CCCC. The molecule has 0 amide bonds. The van der Waals surface area contributed by atoms with Crippen LogP contribution in [0.25, 0.3) is 0 Å². The van der Waals surface area contributed by atoms with E-state index in [-0.39, 0.29) is 19.3 Å². The topological polar surface area (TPSA) is 120 Å². The van der Waals surface area contributed by atoms with Crippen LogP contribution in [-0.4, -0.2) is 40.4 Å². The van der Waals surface area contributed by atoms with Crippen LogP contribution >= 0.6 is 0 Å². The van der Waals surface area contributed by atoms with Crippen LogP contribution < -0.4 is 15.3 Å². The molecule has 0 bridgehead atoms. The summed E-state index contributed by atoms with van der Waals surface area (Å²) in [6, 6.07) is 0. The molecule has 0 saturated carbocycles. The maximum atomic E-state index is 10.1. The van der Waals surface area contributed by atoms with Crippen molar-refractivity contribution >= 4 is 40.4 Å². The van der Waals surface area contributed by atoms with E-state index in [0.717, 1.165) is 42.0 Å². The Hall–Kier alpha value is -0.791. The molecule has 0 radical (unpaired) electrons. The molecule has 6 nitrogen and oxygen atoms in total. The molecule has 0 rings (SSSR count). The van der Waals surface area contributed by atoms with E-state index in [4.69, 9.17) is 0 Å². The summed E-state index contributed by atoms with van der Waals surface area (Å²) in [5, 5.41) is 30.3. The molecule has 0 aliphatic carbocycles. The van der Waals surface area contributed by atoms with Crippen molar-refractivity contribution in [3.63, 3.8) is 0 Å². The standard InChI is InChI=1S/C16H33.3C12H24O2.Sn/c1-4-7-10-11-12-15-16(13-8-5-2)14-9-6-3;3*1-2-3-4-5-6-7-8-9-10-11-12(13)14;/h4-15H2,1-3H3;3*2-11H2,1H3,(H,13,14);/q;;;;+3/p-3. The van der Waals surface area contributed by atoms with Gasteiger partial charge in [-0.25, -0.2) is 0 Å². The first-order valence-corrected chi connectivity index (χ1v) is 27.3. The Morgan fingerprint density at radius 1 is 0.288 bits per heavy atom. The molecular formula is C52H102O6Sn. The number of aliphatic carboxylic acids is 3. The van der Waals surface area contributed by atoms with Crippen molar-refractivity contribution in [2.45, 2.75) is 315 Å². The van der Waals surface area contributed by atoms with Gasteiger partial charge in [0.15, 0.2) is 0 Å². The van der Waals surface area contributed by atoms with Crippen LogP contribution in [0.2, 0.25) is 3.43 Å². The van der Waals surface area contributed by atoms with E-state index in [1.54, 1.807) is 0 Å². The summed E-state index contributed by atoms with van der Waals surface area (Å²) in [5.74, 6) is -2.73. The zero-order valence-electron chi connectivity index (χ0n) is 40.6. The van der Waals surface area contributed by atoms with E-state index >= 15 is 0 Å². The van der Waals surface area contributed by atoms with Gasteiger partial charge in [-0.2, -0.15) is 0 Å². The third-order valence-electron chi connectivity index (χ3n) is 11.2. The zero-order valence-corrected chi connectivity index (χ0v) is 43.5. The van der Waals surface area contributed by atoms with Gasteiger partial charge < -0.3 is 29.7 Å². The minimum atomic E-state index is -0.909. The number of unbranched alkanes of at least 4 members (excludes halogenated alkanes) is 30. The molecule has 0 saturated heterocycles. The predicted molar refractivity (Wildman–Crippen MR) is 251 cm³/mol. The molecule has 0 aromatic heterocycles. The fourth-order valence-corrected chi connectivity index (χ4v) is 8.73. The van der Waals surface area contributed by atoms with E-state index in [9.17, 15) is 29.7 Å². The number of carboxylic acid groups (broad SMARTS) is 3. The summed E-state index contributed by atoms with van der Waals surface area (Å²) >= 11 is 1.81. The molecule has 0 aliphatic rings. The minimum absolute atomic E-state index is 0.232. The van der Waals surface area contributed by atoms with E-state index in [1.165, 1.54) is 212 Å². The average Bonchev–Trinajstić information content (AvgIpc) is 3.21. The number of rotatable bonds is 42. The van der Waals surface area contributed by atoms with Crippen molar-refractivity contribution < 1.29 is 29.7 Å². The fourth-order valence-electron chi connectivity index (χ4n) is 7.21. The van der Waals surface area contributed by atoms with Crippen LogP contribution in [0.5, 0.6) is 0 Å². The van der Waals surface area contributed by atoms with Crippen LogP contribution in [0.3, 0.4) is 0 Å². The average molecular weight is 942 g/mol. The Morgan fingerprint density at radius 3 is 0.661 bits per heavy atom. The molecule has 59 heavy (non-hydrogen) atoms. The van der Waals surface area contributed by atoms with Crippen molar-refractivity contribution in [1.29, 1.82) is 0 Å². The van der Waals surface area contributed by atoms with Gasteiger partial charge >= 0.3 is 124 Å². The Morgan fingerprint density at radius 2 is 0.458 bits per heavy atom. The zero-order chi connectivity index (χ0) is 44.9. The number of hydrogen-bond donors (Lipinski definition) is 0. The van der Waals surface area contributed by atoms with Gasteiger partial charge in [0.1, 0.15) is 0 Å².